The maximum atomic E-state index is 16.2. The molecule has 0 bridgehead atoms. The predicted molar refractivity (Wildman–Crippen MR) is 274 cm³/mol. The average molecular weight is 937 g/mol. The molecule has 0 spiro atoms. The normalized spacial score (nSPS) is 22.6. The molecule has 0 N–H and O–H groups in total. The second-order valence-corrected chi connectivity index (χ2v) is 36.1. The molecule has 2 aliphatic rings. The molecule has 0 saturated carbocycles. The zero-order chi connectivity index (χ0) is 49.2. The van der Waals surface area contributed by atoms with E-state index in [4.69, 9.17) is 28.4 Å². The smallest absolute Gasteiger partial charge is 0.188 e. The fourth-order valence-electron chi connectivity index (χ4n) is 10.3. The summed E-state index contributed by atoms with van der Waals surface area (Å²) in [7, 11) is -1.13. The fraction of sp³-hybridized carbons (Fsp3) is 0.636. The first-order chi connectivity index (χ1) is 29.7. The highest BCUT2D eigenvalue weighted by Crippen LogP contribution is 2.56. The van der Waals surface area contributed by atoms with E-state index in [9.17, 15) is 0 Å². The van der Waals surface area contributed by atoms with E-state index >= 15 is 8.78 Å². The van der Waals surface area contributed by atoms with Crippen LogP contribution < -0.4 is 9.47 Å². The van der Waals surface area contributed by atoms with Crippen molar-refractivity contribution in [2.24, 2.45) is 10.8 Å². The van der Waals surface area contributed by atoms with Crippen LogP contribution in [0, 0.1) is 10.8 Å². The highest BCUT2D eigenvalue weighted by Gasteiger charge is 2.51. The lowest BCUT2D eigenvalue weighted by Crippen LogP contribution is -2.48. The topological polar surface area (TPSA) is 55.4 Å². The number of ether oxygens (including phenoxy) is 6. The van der Waals surface area contributed by atoms with Crippen molar-refractivity contribution < 1.29 is 37.2 Å². The molecule has 2 aliphatic carbocycles. The quantitative estimate of drug-likeness (QED) is 0.0749. The second-order valence-electron chi connectivity index (χ2n) is 24.9. The molecule has 0 aliphatic heterocycles. The number of hydrogen-bond donors (Lipinski definition) is 0. The van der Waals surface area contributed by atoms with Gasteiger partial charge in [0.05, 0.1) is 28.4 Å². The first-order valence-corrected chi connectivity index (χ1v) is 30.7. The third-order valence-corrected chi connectivity index (χ3v) is 21.2. The van der Waals surface area contributed by atoms with Crippen molar-refractivity contribution in [2.75, 3.05) is 41.0 Å². The van der Waals surface area contributed by atoms with E-state index in [-0.39, 0.29) is 46.9 Å². The van der Waals surface area contributed by atoms with Gasteiger partial charge >= 0.3 is 0 Å². The zero-order valence-corrected chi connectivity index (χ0v) is 46.1. The van der Waals surface area contributed by atoms with Crippen molar-refractivity contribution in [3.8, 4) is 11.5 Å². The molecular formula is C55H86F2O6Si2. The molecule has 4 atom stereocenters. The molecule has 0 radical (unpaired) electrons. The summed E-state index contributed by atoms with van der Waals surface area (Å²) in [6, 6.07) is 12.6. The maximum Gasteiger partial charge on any atom is 0.188 e. The molecule has 4 unspecified atom stereocenters. The number of methoxy groups -OCH3 is 2. The zero-order valence-electron chi connectivity index (χ0n) is 44.1. The monoisotopic (exact) mass is 937 g/mol. The van der Waals surface area contributed by atoms with Crippen LogP contribution in [0.1, 0.15) is 125 Å². The SMILES string of the molecule is COCOc1ccc(C(C)(C)CC(C)(C)C)cc1C1=CC(F)=CC(C)([Si](C)(C)C)C1OCCCOC1C(c2cc(C(C)(C)CC(C)(C)C)ccc2OCOC)=CC(F)=CC1(C)[Si](C)(C)C. The summed E-state index contributed by atoms with van der Waals surface area (Å²) in [5, 5.41) is -1.19. The Morgan fingerprint density at radius 2 is 0.892 bits per heavy atom. The molecule has 0 saturated heterocycles. The summed E-state index contributed by atoms with van der Waals surface area (Å²) in [5.41, 5.74) is 5.30. The molecule has 2 aromatic carbocycles. The lowest BCUT2D eigenvalue weighted by Gasteiger charge is -2.47. The van der Waals surface area contributed by atoms with Gasteiger partial charge in [0.25, 0.3) is 0 Å². The Balaban J connectivity index is 1.75. The van der Waals surface area contributed by atoms with E-state index in [2.05, 4.69) is 147 Å². The summed E-state index contributed by atoms with van der Waals surface area (Å²) in [4.78, 5) is 0. The van der Waals surface area contributed by atoms with Crippen LogP contribution in [0.25, 0.3) is 11.1 Å². The standard InChI is InChI=1S/C55H86F2O6Si2/c1-50(2,3)34-52(7,8)38-22-24-46(62-36-58-13)42(28-38)44-30-40(56)32-54(11,64(15,16)17)48(44)60-26-21-27-61-49-45(31-41(57)33-55(49,12)65(18,19)20)43-29-39(23-25-47(43)63-37-59-14)53(9,10)35-51(4,5)6/h22-25,28-33,48-49H,21,26-27,34-37H2,1-20H3. The summed E-state index contributed by atoms with van der Waals surface area (Å²) in [6.07, 6.45) is 8.39. The van der Waals surface area contributed by atoms with Gasteiger partial charge in [-0.3, -0.25) is 0 Å². The van der Waals surface area contributed by atoms with Crippen LogP contribution >= 0.6 is 0 Å². The van der Waals surface area contributed by atoms with Gasteiger partial charge in [0.2, 0.25) is 0 Å². The third-order valence-electron chi connectivity index (χ3n) is 14.0. The molecule has 10 heteroatoms. The van der Waals surface area contributed by atoms with Crippen LogP contribution in [0.3, 0.4) is 0 Å². The van der Waals surface area contributed by atoms with Crippen LogP contribution in [0.5, 0.6) is 11.5 Å². The van der Waals surface area contributed by atoms with Crippen molar-refractivity contribution in [1.82, 2.24) is 0 Å². The van der Waals surface area contributed by atoms with E-state index in [1.165, 1.54) is 0 Å². The van der Waals surface area contributed by atoms with Gasteiger partial charge in [0.15, 0.2) is 13.6 Å². The molecule has 0 fully saturated rings. The van der Waals surface area contributed by atoms with Crippen molar-refractivity contribution in [1.29, 1.82) is 0 Å². The maximum absolute atomic E-state index is 16.2. The Bertz CT molecular complexity index is 1940. The van der Waals surface area contributed by atoms with Gasteiger partial charge < -0.3 is 28.4 Å². The van der Waals surface area contributed by atoms with Crippen LogP contribution in [0.2, 0.25) is 49.4 Å². The lowest BCUT2D eigenvalue weighted by atomic mass is 9.71. The molecule has 364 valence electrons. The van der Waals surface area contributed by atoms with Gasteiger partial charge in [0, 0.05) is 48.6 Å². The summed E-state index contributed by atoms with van der Waals surface area (Å²) in [6.45, 7) is 41.4. The minimum atomic E-state index is -2.17. The Morgan fingerprint density at radius 3 is 1.18 bits per heavy atom. The number of halogens is 2. The Morgan fingerprint density at radius 1 is 0.554 bits per heavy atom. The van der Waals surface area contributed by atoms with E-state index in [0.29, 0.717) is 31.1 Å². The molecular weight excluding hydrogens is 851 g/mol. The molecule has 65 heavy (non-hydrogen) atoms. The number of hydrogen-bond acceptors (Lipinski definition) is 6. The number of benzene rings is 2. The van der Waals surface area contributed by atoms with E-state index in [1.807, 2.05) is 12.1 Å². The largest absolute Gasteiger partial charge is 0.467 e. The minimum Gasteiger partial charge on any atom is -0.467 e. The van der Waals surface area contributed by atoms with Gasteiger partial charge in [-0.2, -0.15) is 0 Å². The first-order valence-electron chi connectivity index (χ1n) is 23.7. The van der Waals surface area contributed by atoms with Crippen LogP contribution in [0.4, 0.5) is 8.78 Å². The summed E-state index contributed by atoms with van der Waals surface area (Å²) < 4.78 is 69.6. The Hall–Kier alpha value is -2.87. The van der Waals surface area contributed by atoms with Gasteiger partial charge in [-0.05, 0) is 112 Å². The van der Waals surface area contributed by atoms with Crippen molar-refractivity contribution in [2.45, 2.75) is 175 Å². The van der Waals surface area contributed by atoms with Crippen molar-refractivity contribution >= 4 is 27.3 Å². The highest BCUT2D eigenvalue weighted by molar-refractivity contribution is 6.80. The van der Waals surface area contributed by atoms with Gasteiger partial charge in [-0.25, -0.2) is 8.78 Å². The fourth-order valence-corrected chi connectivity index (χ4v) is 13.4. The molecule has 0 aromatic heterocycles. The Labute approximate surface area is 395 Å². The van der Waals surface area contributed by atoms with E-state index in [1.54, 1.807) is 38.5 Å². The molecule has 4 rings (SSSR count). The van der Waals surface area contributed by atoms with Crippen LogP contribution in [-0.2, 0) is 29.8 Å². The minimum absolute atomic E-state index is 0.0590. The average Bonchev–Trinajstić information content (AvgIpc) is 3.14. The summed E-state index contributed by atoms with van der Waals surface area (Å²) in [5.74, 6) is 0.709. The van der Waals surface area contributed by atoms with Crippen LogP contribution in [-0.4, -0.2) is 69.4 Å². The summed E-state index contributed by atoms with van der Waals surface area (Å²) >= 11 is 0. The Kier molecular flexibility index (Phi) is 17.2. The van der Waals surface area contributed by atoms with Crippen molar-refractivity contribution in [3.63, 3.8) is 0 Å². The van der Waals surface area contributed by atoms with Gasteiger partial charge in [-0.15, -0.1) is 0 Å². The molecule has 6 nitrogen and oxygen atoms in total. The predicted octanol–water partition coefficient (Wildman–Crippen LogP) is 15.6. The second kappa shape index (κ2) is 20.4. The molecule has 0 amide bonds. The van der Waals surface area contributed by atoms with Gasteiger partial charge in [0.1, 0.15) is 23.2 Å². The van der Waals surface area contributed by atoms with Crippen molar-refractivity contribution in [3.05, 3.63) is 94.6 Å². The number of rotatable bonds is 20. The van der Waals surface area contributed by atoms with Crippen LogP contribution in [0.15, 0.2) is 72.4 Å². The third kappa shape index (κ3) is 13.2. The number of allylic oxidation sites excluding steroid dienone is 4. The van der Waals surface area contributed by atoms with E-state index < -0.39 is 38.4 Å². The van der Waals surface area contributed by atoms with Gasteiger partial charge in [-0.1, -0.05) is 134 Å². The first kappa shape index (κ1) is 54.7. The molecule has 2 aromatic rings. The van der Waals surface area contributed by atoms with E-state index in [0.717, 1.165) is 46.2 Å². The lowest BCUT2D eigenvalue weighted by molar-refractivity contribution is 0.0264. The molecule has 0 heterocycles. The highest BCUT2D eigenvalue weighted by atomic mass is 28.3.